The number of carbonyl (C=O) groups is 2. The first-order valence-electron chi connectivity index (χ1n) is 7.06. The number of rotatable bonds is 6. The fraction of sp³-hybridized carbons (Fsp3) is 0.600. The summed E-state index contributed by atoms with van der Waals surface area (Å²) >= 11 is 0. The summed E-state index contributed by atoms with van der Waals surface area (Å²) in [4.78, 5) is 26.4. The third-order valence-electron chi connectivity index (χ3n) is 4.29. The molecule has 0 atom stereocenters. The second kappa shape index (κ2) is 6.11. The number of carboxylic acid groups (broad SMARTS) is 1. The van der Waals surface area contributed by atoms with Crippen molar-refractivity contribution in [2.24, 2.45) is 0 Å². The topological polar surface area (TPSA) is 82.2 Å². The Morgan fingerprint density at radius 3 is 2.00 bits per heavy atom. The third-order valence-corrected chi connectivity index (χ3v) is 4.29. The van der Waals surface area contributed by atoms with E-state index in [0.29, 0.717) is 16.8 Å². The maximum absolute atomic E-state index is 12.5. The van der Waals surface area contributed by atoms with Gasteiger partial charge in [0.2, 0.25) is 0 Å². The van der Waals surface area contributed by atoms with Crippen LogP contribution in [0.3, 0.4) is 0 Å². The number of hydrogen-bond acceptors (Lipinski definition) is 2. The molecule has 0 saturated carbocycles. The van der Waals surface area contributed by atoms with Gasteiger partial charge in [-0.05, 0) is 38.7 Å². The molecule has 0 unspecified atom stereocenters. The molecule has 0 saturated heterocycles. The molecule has 0 aliphatic rings. The molecule has 0 aromatic carbocycles. The summed E-state index contributed by atoms with van der Waals surface area (Å²) in [5.74, 6) is -1.24. The van der Waals surface area contributed by atoms with Crippen molar-refractivity contribution < 1.29 is 14.7 Å². The third kappa shape index (κ3) is 2.86. The Balaban J connectivity index is 3.13. The van der Waals surface area contributed by atoms with Crippen LogP contribution in [0.25, 0.3) is 0 Å². The van der Waals surface area contributed by atoms with Gasteiger partial charge in [0.15, 0.2) is 0 Å². The number of H-pyrrole nitrogens is 1. The van der Waals surface area contributed by atoms with Crippen molar-refractivity contribution in [3.63, 3.8) is 0 Å². The van der Waals surface area contributed by atoms with Gasteiger partial charge in [-0.15, -0.1) is 0 Å². The van der Waals surface area contributed by atoms with E-state index in [-0.39, 0.29) is 17.1 Å². The monoisotopic (exact) mass is 280 g/mol. The highest BCUT2D eigenvalue weighted by molar-refractivity contribution is 6.01. The molecule has 0 spiro atoms. The van der Waals surface area contributed by atoms with Crippen molar-refractivity contribution >= 4 is 11.9 Å². The zero-order valence-corrected chi connectivity index (χ0v) is 12.9. The number of aromatic nitrogens is 1. The molecular formula is C15H24N2O3. The van der Waals surface area contributed by atoms with Gasteiger partial charge < -0.3 is 15.4 Å². The molecule has 1 aromatic heterocycles. The van der Waals surface area contributed by atoms with Crippen molar-refractivity contribution in [2.45, 2.75) is 59.4 Å². The van der Waals surface area contributed by atoms with Crippen molar-refractivity contribution in [3.05, 3.63) is 22.5 Å². The SMILES string of the molecule is CCC(CC)(CC)NC(=O)c1c(C)[nH]c(C(=O)O)c1C. The Hall–Kier alpha value is -1.78. The standard InChI is InChI=1S/C15H24N2O3/c1-6-15(7-2,8-3)17-13(18)11-9(4)12(14(19)20)16-10(11)5/h16H,6-8H2,1-5H3,(H,17,18)(H,19,20). The molecule has 1 amide bonds. The fourth-order valence-electron chi connectivity index (χ4n) is 2.62. The van der Waals surface area contributed by atoms with E-state index in [0.717, 1.165) is 19.3 Å². The summed E-state index contributed by atoms with van der Waals surface area (Å²) in [6.07, 6.45) is 2.54. The molecule has 5 heteroatoms. The lowest BCUT2D eigenvalue weighted by Gasteiger charge is -2.32. The number of hydrogen-bond donors (Lipinski definition) is 3. The minimum atomic E-state index is -1.04. The lowest BCUT2D eigenvalue weighted by atomic mass is 9.89. The minimum Gasteiger partial charge on any atom is -0.477 e. The van der Waals surface area contributed by atoms with Crippen molar-refractivity contribution in [3.8, 4) is 0 Å². The maximum Gasteiger partial charge on any atom is 0.352 e. The maximum atomic E-state index is 12.5. The minimum absolute atomic E-state index is 0.0859. The average molecular weight is 280 g/mol. The Kier molecular flexibility index (Phi) is 4.98. The predicted octanol–water partition coefficient (Wildman–Crippen LogP) is 3.03. The van der Waals surface area contributed by atoms with Crippen LogP contribution in [0.2, 0.25) is 0 Å². The van der Waals surface area contributed by atoms with Crippen LogP contribution in [0, 0.1) is 13.8 Å². The smallest absolute Gasteiger partial charge is 0.352 e. The van der Waals surface area contributed by atoms with Crippen LogP contribution in [0.4, 0.5) is 0 Å². The Bertz CT molecular complexity index is 505. The van der Waals surface area contributed by atoms with Gasteiger partial charge in [0, 0.05) is 11.2 Å². The second-order valence-corrected chi connectivity index (χ2v) is 5.23. The Labute approximate surface area is 119 Å². The van der Waals surface area contributed by atoms with E-state index in [1.807, 2.05) is 20.8 Å². The first kappa shape index (κ1) is 16.3. The van der Waals surface area contributed by atoms with Crippen LogP contribution in [0.1, 0.15) is 72.1 Å². The highest BCUT2D eigenvalue weighted by Crippen LogP contribution is 2.23. The summed E-state index contributed by atoms with van der Waals surface area (Å²) in [7, 11) is 0. The first-order valence-corrected chi connectivity index (χ1v) is 7.06. The second-order valence-electron chi connectivity index (χ2n) is 5.23. The summed E-state index contributed by atoms with van der Waals surface area (Å²) in [5.41, 5.74) is 1.39. The van der Waals surface area contributed by atoms with Gasteiger partial charge in [-0.1, -0.05) is 20.8 Å². The number of amides is 1. The molecule has 0 bridgehead atoms. The highest BCUT2D eigenvalue weighted by atomic mass is 16.4. The number of aromatic carboxylic acids is 1. The van der Waals surface area contributed by atoms with Gasteiger partial charge in [-0.2, -0.15) is 0 Å². The van der Waals surface area contributed by atoms with Crippen molar-refractivity contribution in [1.82, 2.24) is 10.3 Å². The summed E-state index contributed by atoms with van der Waals surface area (Å²) < 4.78 is 0. The van der Waals surface area contributed by atoms with Gasteiger partial charge >= 0.3 is 5.97 Å². The zero-order chi connectivity index (χ0) is 15.5. The van der Waals surface area contributed by atoms with Crippen LogP contribution in [0.5, 0.6) is 0 Å². The van der Waals surface area contributed by atoms with E-state index in [2.05, 4.69) is 10.3 Å². The molecule has 112 valence electrons. The number of nitrogens with one attached hydrogen (secondary N) is 2. The van der Waals surface area contributed by atoms with Crippen LogP contribution in [-0.4, -0.2) is 27.5 Å². The molecule has 0 fully saturated rings. The Morgan fingerprint density at radius 1 is 1.15 bits per heavy atom. The molecule has 20 heavy (non-hydrogen) atoms. The van der Waals surface area contributed by atoms with Crippen molar-refractivity contribution in [1.29, 1.82) is 0 Å². The molecule has 5 nitrogen and oxygen atoms in total. The number of carboxylic acids is 1. The molecular weight excluding hydrogens is 256 g/mol. The van der Waals surface area contributed by atoms with Gasteiger partial charge in [-0.3, -0.25) is 4.79 Å². The Morgan fingerprint density at radius 2 is 1.65 bits per heavy atom. The molecule has 1 aromatic rings. The summed E-state index contributed by atoms with van der Waals surface area (Å²) in [6, 6.07) is 0. The molecule has 1 heterocycles. The van der Waals surface area contributed by atoms with E-state index in [1.54, 1.807) is 13.8 Å². The summed E-state index contributed by atoms with van der Waals surface area (Å²) in [5, 5.41) is 12.2. The first-order chi connectivity index (χ1) is 9.31. The van der Waals surface area contributed by atoms with Crippen LogP contribution >= 0.6 is 0 Å². The van der Waals surface area contributed by atoms with Crippen LogP contribution in [-0.2, 0) is 0 Å². The summed E-state index contributed by atoms with van der Waals surface area (Å²) in [6.45, 7) is 9.53. The largest absolute Gasteiger partial charge is 0.477 e. The quantitative estimate of drug-likeness (QED) is 0.749. The number of aromatic amines is 1. The lowest BCUT2D eigenvalue weighted by Crippen LogP contribution is -2.47. The molecule has 0 aliphatic heterocycles. The molecule has 3 N–H and O–H groups in total. The van der Waals surface area contributed by atoms with Crippen LogP contribution < -0.4 is 5.32 Å². The number of carbonyl (C=O) groups excluding carboxylic acids is 1. The van der Waals surface area contributed by atoms with Gasteiger partial charge in [0.1, 0.15) is 5.69 Å². The van der Waals surface area contributed by atoms with Crippen LogP contribution in [0.15, 0.2) is 0 Å². The highest BCUT2D eigenvalue weighted by Gasteiger charge is 2.29. The van der Waals surface area contributed by atoms with E-state index >= 15 is 0 Å². The van der Waals surface area contributed by atoms with E-state index in [1.165, 1.54) is 0 Å². The normalized spacial score (nSPS) is 11.4. The van der Waals surface area contributed by atoms with Gasteiger partial charge in [-0.25, -0.2) is 4.79 Å². The predicted molar refractivity (Wildman–Crippen MR) is 78.3 cm³/mol. The van der Waals surface area contributed by atoms with E-state index in [9.17, 15) is 9.59 Å². The lowest BCUT2D eigenvalue weighted by molar-refractivity contribution is 0.0690. The molecule has 1 rings (SSSR count). The van der Waals surface area contributed by atoms with Gasteiger partial charge in [0.25, 0.3) is 5.91 Å². The average Bonchev–Trinajstić information content (AvgIpc) is 2.71. The number of aryl methyl sites for hydroxylation is 1. The van der Waals surface area contributed by atoms with Crippen molar-refractivity contribution in [2.75, 3.05) is 0 Å². The fourth-order valence-corrected chi connectivity index (χ4v) is 2.62. The van der Waals surface area contributed by atoms with E-state index in [4.69, 9.17) is 5.11 Å². The van der Waals surface area contributed by atoms with E-state index < -0.39 is 5.97 Å². The zero-order valence-electron chi connectivity index (χ0n) is 12.9. The molecule has 0 radical (unpaired) electrons. The van der Waals surface area contributed by atoms with Gasteiger partial charge in [0.05, 0.1) is 5.56 Å². The molecule has 0 aliphatic carbocycles.